The van der Waals surface area contributed by atoms with Gasteiger partial charge in [0.05, 0.1) is 19.0 Å². The van der Waals surface area contributed by atoms with Crippen LogP contribution in [0.25, 0.3) is 11.3 Å². The van der Waals surface area contributed by atoms with Crippen molar-refractivity contribution in [2.24, 2.45) is 5.10 Å². The van der Waals surface area contributed by atoms with E-state index in [-0.39, 0.29) is 0 Å². The molecule has 3 rings (SSSR count). The number of hydrazone groups is 1. The van der Waals surface area contributed by atoms with E-state index in [4.69, 9.17) is 4.74 Å². The zero-order valence-electron chi connectivity index (χ0n) is 15.3. The molecule has 0 saturated carbocycles. The molecule has 0 fully saturated rings. The van der Waals surface area contributed by atoms with Gasteiger partial charge in [0.25, 0.3) is 0 Å². The van der Waals surface area contributed by atoms with Crippen molar-refractivity contribution in [1.82, 2.24) is 4.98 Å². The van der Waals surface area contributed by atoms with Gasteiger partial charge in [-0.05, 0) is 17.7 Å². The topological polar surface area (TPSA) is 66.8 Å². The van der Waals surface area contributed by atoms with Crippen LogP contribution in [0, 0.1) is 0 Å². The Kier molecular flexibility index (Phi) is 5.83. The fraction of sp³-hybridized carbons (Fsp3) is 0.150. The maximum Gasteiger partial charge on any atom is 0.350 e. The molecule has 0 bridgehead atoms. The summed E-state index contributed by atoms with van der Waals surface area (Å²) in [5.74, 6) is -0.414. The van der Waals surface area contributed by atoms with Crippen LogP contribution in [-0.2, 0) is 4.74 Å². The maximum atomic E-state index is 12.1. The van der Waals surface area contributed by atoms with Crippen molar-refractivity contribution in [3.63, 3.8) is 0 Å². The normalized spacial score (nSPS) is 10.8. The minimum absolute atomic E-state index is 0.414. The molecule has 0 aliphatic heterocycles. The molecule has 6 nitrogen and oxygen atoms in total. The molecule has 3 aromatic rings. The average molecular weight is 380 g/mol. The van der Waals surface area contributed by atoms with Crippen LogP contribution in [0.15, 0.2) is 59.7 Å². The van der Waals surface area contributed by atoms with Crippen LogP contribution in [0.3, 0.4) is 0 Å². The Bertz CT molecular complexity index is 934. The number of aromatic nitrogens is 1. The summed E-state index contributed by atoms with van der Waals surface area (Å²) in [6.45, 7) is 0. The lowest BCUT2D eigenvalue weighted by Crippen LogP contribution is -2.08. The molecule has 0 atom stereocenters. The minimum atomic E-state index is -0.414. The molecule has 0 spiro atoms. The molecule has 7 heteroatoms. The summed E-state index contributed by atoms with van der Waals surface area (Å²) in [4.78, 5) is 19.1. The molecule has 1 aromatic heterocycles. The standard InChI is InChI=1S/C20H20N4O2S/c1-24(2)16-11-9-14(10-12-16)13-21-23-20-22-17(15-7-5-4-6-8-15)18(27-20)19(25)26-3/h4-13H,1-3H3,(H,22,23)/b21-13-. The fourth-order valence-electron chi connectivity index (χ4n) is 2.41. The van der Waals surface area contributed by atoms with Crippen molar-refractivity contribution in [2.75, 3.05) is 31.5 Å². The Morgan fingerprint density at radius 3 is 2.48 bits per heavy atom. The zero-order chi connectivity index (χ0) is 19.2. The van der Waals surface area contributed by atoms with Gasteiger partial charge in [-0.25, -0.2) is 9.78 Å². The van der Waals surface area contributed by atoms with Crippen molar-refractivity contribution < 1.29 is 9.53 Å². The second-order valence-electron chi connectivity index (χ2n) is 5.91. The van der Waals surface area contributed by atoms with Gasteiger partial charge in [-0.3, -0.25) is 5.43 Å². The number of nitrogens with one attached hydrogen (secondary N) is 1. The number of rotatable bonds is 6. The van der Waals surface area contributed by atoms with Crippen LogP contribution in [0.5, 0.6) is 0 Å². The van der Waals surface area contributed by atoms with Gasteiger partial charge >= 0.3 is 5.97 Å². The van der Waals surface area contributed by atoms with Crippen molar-refractivity contribution in [1.29, 1.82) is 0 Å². The number of ether oxygens (including phenoxy) is 1. The first-order valence-corrected chi connectivity index (χ1v) is 9.11. The third kappa shape index (κ3) is 4.51. The first-order valence-electron chi connectivity index (χ1n) is 8.29. The van der Waals surface area contributed by atoms with Crippen molar-refractivity contribution in [2.45, 2.75) is 0 Å². The smallest absolute Gasteiger partial charge is 0.350 e. The van der Waals surface area contributed by atoms with Gasteiger partial charge in [0.2, 0.25) is 5.13 Å². The van der Waals surface area contributed by atoms with E-state index in [0.29, 0.717) is 15.7 Å². The first-order chi connectivity index (χ1) is 13.1. The van der Waals surface area contributed by atoms with Gasteiger partial charge in [-0.2, -0.15) is 5.10 Å². The molecule has 138 valence electrons. The number of hydrogen-bond donors (Lipinski definition) is 1. The highest BCUT2D eigenvalue weighted by atomic mass is 32.1. The Balaban J connectivity index is 1.79. The molecular formula is C20H20N4O2S. The van der Waals surface area contributed by atoms with E-state index >= 15 is 0 Å². The van der Waals surface area contributed by atoms with E-state index in [0.717, 1.165) is 16.8 Å². The predicted molar refractivity (Wildman–Crippen MR) is 111 cm³/mol. The van der Waals surface area contributed by atoms with Crippen molar-refractivity contribution in [3.05, 3.63) is 65.0 Å². The highest BCUT2D eigenvalue weighted by Gasteiger charge is 2.19. The quantitative estimate of drug-likeness (QED) is 0.396. The van der Waals surface area contributed by atoms with Gasteiger partial charge in [0.15, 0.2) is 0 Å². The third-order valence-electron chi connectivity index (χ3n) is 3.83. The van der Waals surface area contributed by atoms with Crippen LogP contribution in [0.1, 0.15) is 15.2 Å². The maximum absolute atomic E-state index is 12.1. The molecule has 0 amide bonds. The van der Waals surface area contributed by atoms with E-state index in [2.05, 4.69) is 15.5 Å². The van der Waals surface area contributed by atoms with Gasteiger partial charge in [0.1, 0.15) is 4.88 Å². The Labute approximate surface area is 162 Å². The lowest BCUT2D eigenvalue weighted by Gasteiger charge is -2.11. The van der Waals surface area contributed by atoms with E-state index < -0.39 is 5.97 Å². The lowest BCUT2D eigenvalue weighted by molar-refractivity contribution is 0.0607. The van der Waals surface area contributed by atoms with Crippen LogP contribution < -0.4 is 10.3 Å². The molecular weight excluding hydrogens is 360 g/mol. The number of hydrogen-bond acceptors (Lipinski definition) is 7. The van der Waals surface area contributed by atoms with Gasteiger partial charge < -0.3 is 9.64 Å². The lowest BCUT2D eigenvalue weighted by atomic mass is 10.1. The Morgan fingerprint density at radius 2 is 1.85 bits per heavy atom. The van der Waals surface area contributed by atoms with Crippen LogP contribution in [0.2, 0.25) is 0 Å². The number of thiazole rings is 1. The molecule has 0 saturated heterocycles. The molecule has 1 heterocycles. The molecule has 1 N–H and O–H groups in total. The molecule has 0 aliphatic carbocycles. The number of carbonyl (C=O) groups is 1. The molecule has 0 aliphatic rings. The van der Waals surface area contributed by atoms with Crippen LogP contribution >= 0.6 is 11.3 Å². The van der Waals surface area contributed by atoms with Gasteiger partial charge in [-0.15, -0.1) is 0 Å². The molecule has 0 radical (unpaired) electrons. The largest absolute Gasteiger partial charge is 0.465 e. The summed E-state index contributed by atoms with van der Waals surface area (Å²) in [6.07, 6.45) is 1.71. The number of nitrogens with zero attached hydrogens (tertiary/aromatic N) is 3. The second-order valence-corrected chi connectivity index (χ2v) is 6.91. The highest BCUT2D eigenvalue weighted by molar-refractivity contribution is 7.17. The monoisotopic (exact) mass is 380 g/mol. The highest BCUT2D eigenvalue weighted by Crippen LogP contribution is 2.31. The van der Waals surface area contributed by atoms with Crippen molar-refractivity contribution >= 4 is 34.3 Å². The zero-order valence-corrected chi connectivity index (χ0v) is 16.2. The van der Waals surface area contributed by atoms with E-state index in [1.807, 2.05) is 73.6 Å². The van der Waals surface area contributed by atoms with Crippen LogP contribution in [-0.4, -0.2) is 38.4 Å². The predicted octanol–water partition coefficient (Wildman–Crippen LogP) is 4.11. The van der Waals surface area contributed by atoms with E-state index in [1.165, 1.54) is 18.4 Å². The Hall–Kier alpha value is -3.19. The number of benzene rings is 2. The Morgan fingerprint density at radius 1 is 1.15 bits per heavy atom. The van der Waals surface area contributed by atoms with E-state index in [1.54, 1.807) is 6.21 Å². The molecule has 27 heavy (non-hydrogen) atoms. The number of anilines is 2. The summed E-state index contributed by atoms with van der Waals surface area (Å²) in [5, 5.41) is 4.75. The number of carbonyl (C=O) groups excluding carboxylic acids is 1. The summed E-state index contributed by atoms with van der Waals surface area (Å²) >= 11 is 1.21. The van der Waals surface area contributed by atoms with Gasteiger partial charge in [0, 0.05) is 25.3 Å². The first kappa shape index (κ1) is 18.6. The summed E-state index contributed by atoms with van der Waals surface area (Å²) in [6, 6.07) is 17.5. The molecule has 2 aromatic carbocycles. The average Bonchev–Trinajstić information content (AvgIpc) is 3.12. The number of esters is 1. The second kappa shape index (κ2) is 8.46. The third-order valence-corrected chi connectivity index (χ3v) is 4.77. The summed E-state index contributed by atoms with van der Waals surface area (Å²) < 4.78 is 4.88. The number of methoxy groups -OCH3 is 1. The van der Waals surface area contributed by atoms with Gasteiger partial charge in [-0.1, -0.05) is 53.8 Å². The summed E-state index contributed by atoms with van der Waals surface area (Å²) in [5.41, 5.74) is 6.41. The summed E-state index contributed by atoms with van der Waals surface area (Å²) in [7, 11) is 5.35. The van der Waals surface area contributed by atoms with E-state index in [9.17, 15) is 4.79 Å². The van der Waals surface area contributed by atoms with Crippen LogP contribution in [0.4, 0.5) is 10.8 Å². The fourth-order valence-corrected chi connectivity index (χ4v) is 3.27. The minimum Gasteiger partial charge on any atom is -0.465 e. The molecule has 0 unspecified atom stereocenters. The SMILES string of the molecule is COC(=O)c1sc(N/N=C\c2ccc(N(C)C)cc2)nc1-c1ccccc1. The van der Waals surface area contributed by atoms with Crippen molar-refractivity contribution in [3.8, 4) is 11.3 Å².